The molecule has 21 heavy (non-hydrogen) atoms. The molecule has 2 heterocycles. The van der Waals surface area contributed by atoms with Gasteiger partial charge < -0.3 is 4.74 Å². The minimum atomic E-state index is -0.358. The molecule has 110 valence electrons. The maximum Gasteiger partial charge on any atom is 0.415 e. The van der Waals surface area contributed by atoms with E-state index in [1.807, 2.05) is 17.0 Å². The topological polar surface area (TPSA) is 41.6 Å². The third-order valence-corrected chi connectivity index (χ3v) is 5.41. The van der Waals surface area contributed by atoms with E-state index in [4.69, 9.17) is 4.74 Å². The Morgan fingerprint density at radius 3 is 2.95 bits per heavy atom. The Hall–Kier alpha value is -1.81. The fourth-order valence-corrected chi connectivity index (χ4v) is 4.63. The molecule has 0 spiro atoms. The highest BCUT2D eigenvalue weighted by Crippen LogP contribution is 2.60. The zero-order chi connectivity index (χ0) is 14.7. The molecule has 0 radical (unpaired) electrons. The van der Waals surface area contributed by atoms with Gasteiger partial charge in [0.05, 0.1) is 18.2 Å². The van der Waals surface area contributed by atoms with Crippen LogP contribution in [0, 0.1) is 0 Å². The Labute approximate surface area is 124 Å². The van der Waals surface area contributed by atoms with Gasteiger partial charge in [-0.2, -0.15) is 0 Å². The van der Waals surface area contributed by atoms with Crippen molar-refractivity contribution in [1.82, 2.24) is 5.32 Å². The first-order valence-electron chi connectivity index (χ1n) is 7.56. The van der Waals surface area contributed by atoms with Crippen LogP contribution in [0.3, 0.4) is 0 Å². The number of nitrogens with one attached hydrogen (secondary N) is 1. The number of ether oxygens (including phenoxy) is 1. The molecule has 2 atom stereocenters. The van der Waals surface area contributed by atoms with Gasteiger partial charge in [0.25, 0.3) is 0 Å². The number of anilines is 1. The second-order valence-electron chi connectivity index (χ2n) is 6.32. The predicted molar refractivity (Wildman–Crippen MR) is 81.3 cm³/mol. The van der Waals surface area contributed by atoms with Gasteiger partial charge in [-0.1, -0.05) is 29.8 Å². The van der Waals surface area contributed by atoms with Crippen molar-refractivity contribution < 1.29 is 9.53 Å². The number of benzene rings is 1. The highest BCUT2D eigenvalue weighted by molar-refractivity contribution is 5.94. The molecule has 1 aliphatic carbocycles. The standard InChI is InChI=1S/C17H20N2O2/c1-12-7-8-17-16(11-12,9-10-18-17)13-5-3-4-6-14(13)19(17)15(20)21-2/h3-6,11,18H,7-10H2,1-2H3/t16-,17-/m1/s1. The molecule has 0 aromatic heterocycles. The average molecular weight is 284 g/mol. The number of methoxy groups -OCH3 is 1. The number of para-hydroxylation sites is 1. The van der Waals surface area contributed by atoms with Gasteiger partial charge >= 0.3 is 6.09 Å². The summed E-state index contributed by atoms with van der Waals surface area (Å²) in [7, 11) is 1.46. The lowest BCUT2D eigenvalue weighted by molar-refractivity contribution is 0.157. The lowest BCUT2D eigenvalue weighted by Crippen LogP contribution is -2.64. The van der Waals surface area contributed by atoms with Crippen molar-refractivity contribution in [2.24, 2.45) is 0 Å². The van der Waals surface area contributed by atoms with E-state index in [0.717, 1.165) is 31.5 Å². The normalized spacial score (nSPS) is 33.0. The van der Waals surface area contributed by atoms with E-state index < -0.39 is 0 Å². The fraction of sp³-hybridized carbons (Fsp3) is 0.471. The van der Waals surface area contributed by atoms with Crippen molar-refractivity contribution >= 4 is 11.8 Å². The summed E-state index contributed by atoms with van der Waals surface area (Å²) in [6, 6.07) is 8.25. The Morgan fingerprint density at radius 1 is 1.33 bits per heavy atom. The van der Waals surface area contributed by atoms with Crippen molar-refractivity contribution in [3.05, 3.63) is 41.5 Å². The molecule has 1 aromatic rings. The molecular weight excluding hydrogens is 264 g/mol. The molecule has 2 aliphatic heterocycles. The monoisotopic (exact) mass is 284 g/mol. The smallest absolute Gasteiger partial charge is 0.415 e. The fourth-order valence-electron chi connectivity index (χ4n) is 4.63. The van der Waals surface area contributed by atoms with Crippen molar-refractivity contribution in [2.75, 3.05) is 18.6 Å². The molecular formula is C17H20N2O2. The quantitative estimate of drug-likeness (QED) is 0.745. The van der Waals surface area contributed by atoms with E-state index in [2.05, 4.69) is 30.4 Å². The van der Waals surface area contributed by atoms with Crippen LogP contribution in [0.4, 0.5) is 10.5 Å². The second kappa shape index (κ2) is 4.10. The maximum atomic E-state index is 12.5. The predicted octanol–water partition coefficient (Wildman–Crippen LogP) is 2.94. The minimum absolute atomic E-state index is 0.111. The molecule has 1 fully saturated rings. The lowest BCUT2D eigenvalue weighted by Gasteiger charge is -2.46. The van der Waals surface area contributed by atoms with E-state index in [1.165, 1.54) is 18.2 Å². The van der Waals surface area contributed by atoms with Gasteiger partial charge in [0.15, 0.2) is 0 Å². The zero-order valence-corrected chi connectivity index (χ0v) is 12.5. The van der Waals surface area contributed by atoms with Gasteiger partial charge in [0.2, 0.25) is 0 Å². The van der Waals surface area contributed by atoms with Crippen LogP contribution >= 0.6 is 0 Å². The Kier molecular flexibility index (Phi) is 2.52. The molecule has 1 N–H and O–H groups in total. The first kappa shape index (κ1) is 12.9. The number of hydrogen-bond acceptors (Lipinski definition) is 3. The zero-order valence-electron chi connectivity index (χ0n) is 12.5. The number of fused-ring (bicyclic) bond motifs is 1. The average Bonchev–Trinajstić information content (AvgIpc) is 2.97. The summed E-state index contributed by atoms with van der Waals surface area (Å²) in [6.45, 7) is 3.12. The molecule has 3 aliphatic rings. The van der Waals surface area contributed by atoms with Crippen LogP contribution in [0.2, 0.25) is 0 Å². The highest BCUT2D eigenvalue weighted by atomic mass is 16.5. The van der Waals surface area contributed by atoms with Crippen molar-refractivity contribution in [2.45, 2.75) is 37.3 Å². The molecule has 1 amide bonds. The molecule has 4 heteroatoms. The molecule has 1 saturated heterocycles. The number of carbonyl (C=O) groups excluding carboxylic acids is 1. The first-order valence-corrected chi connectivity index (χ1v) is 7.56. The molecule has 0 unspecified atom stereocenters. The van der Waals surface area contributed by atoms with Gasteiger partial charge in [-0.15, -0.1) is 0 Å². The molecule has 0 saturated carbocycles. The van der Waals surface area contributed by atoms with Crippen molar-refractivity contribution in [3.8, 4) is 0 Å². The number of amides is 1. The summed E-state index contributed by atoms with van der Waals surface area (Å²) in [5.41, 5.74) is 3.18. The van der Waals surface area contributed by atoms with E-state index in [-0.39, 0.29) is 17.2 Å². The van der Waals surface area contributed by atoms with Crippen LogP contribution in [0.1, 0.15) is 31.7 Å². The Balaban J connectivity index is 2.02. The lowest BCUT2D eigenvalue weighted by atomic mass is 9.66. The van der Waals surface area contributed by atoms with Gasteiger partial charge in [-0.3, -0.25) is 10.2 Å². The number of carbonyl (C=O) groups is 1. The number of nitrogens with zero attached hydrogens (tertiary/aromatic N) is 1. The summed E-state index contributed by atoms with van der Waals surface area (Å²) in [4.78, 5) is 14.3. The summed E-state index contributed by atoms with van der Waals surface area (Å²) < 4.78 is 5.09. The summed E-state index contributed by atoms with van der Waals surface area (Å²) in [5.74, 6) is 0. The third kappa shape index (κ3) is 1.36. The van der Waals surface area contributed by atoms with E-state index in [0.29, 0.717) is 0 Å². The van der Waals surface area contributed by atoms with Crippen LogP contribution in [0.25, 0.3) is 0 Å². The molecule has 4 rings (SSSR count). The van der Waals surface area contributed by atoms with Crippen molar-refractivity contribution in [1.29, 1.82) is 0 Å². The molecule has 0 bridgehead atoms. The van der Waals surface area contributed by atoms with Crippen LogP contribution in [0.15, 0.2) is 35.9 Å². The number of rotatable bonds is 0. The Bertz CT molecular complexity index is 654. The first-order chi connectivity index (χ1) is 10.1. The SMILES string of the molecule is COC(=O)N1c2ccccc2[C@@]23C=C(C)CC[C@@]12NCC3. The second-order valence-corrected chi connectivity index (χ2v) is 6.32. The molecule has 4 nitrogen and oxygen atoms in total. The summed E-state index contributed by atoms with van der Waals surface area (Å²) in [5, 5.41) is 3.64. The number of hydrogen-bond donors (Lipinski definition) is 1. The van der Waals surface area contributed by atoms with E-state index in [9.17, 15) is 4.79 Å². The van der Waals surface area contributed by atoms with Crippen LogP contribution < -0.4 is 10.2 Å². The summed E-state index contributed by atoms with van der Waals surface area (Å²) in [6.07, 6.45) is 5.08. The third-order valence-electron chi connectivity index (χ3n) is 5.41. The van der Waals surface area contributed by atoms with Crippen LogP contribution in [-0.4, -0.2) is 25.4 Å². The number of allylic oxidation sites excluding steroid dienone is 1. The van der Waals surface area contributed by atoms with Crippen LogP contribution in [0.5, 0.6) is 0 Å². The molecule has 1 aromatic carbocycles. The van der Waals surface area contributed by atoms with Gasteiger partial charge in [0, 0.05) is 0 Å². The van der Waals surface area contributed by atoms with E-state index >= 15 is 0 Å². The van der Waals surface area contributed by atoms with Gasteiger partial charge in [0.1, 0.15) is 5.66 Å². The summed E-state index contributed by atoms with van der Waals surface area (Å²) >= 11 is 0. The van der Waals surface area contributed by atoms with Gasteiger partial charge in [-0.25, -0.2) is 4.79 Å². The maximum absolute atomic E-state index is 12.5. The minimum Gasteiger partial charge on any atom is -0.452 e. The largest absolute Gasteiger partial charge is 0.452 e. The van der Waals surface area contributed by atoms with Crippen molar-refractivity contribution in [3.63, 3.8) is 0 Å². The Morgan fingerprint density at radius 2 is 2.14 bits per heavy atom. The van der Waals surface area contributed by atoms with E-state index in [1.54, 1.807) is 0 Å². The van der Waals surface area contributed by atoms with Crippen LogP contribution in [-0.2, 0) is 10.2 Å². The van der Waals surface area contributed by atoms with Gasteiger partial charge in [-0.05, 0) is 44.4 Å². The highest BCUT2D eigenvalue weighted by Gasteiger charge is 2.66.